The molecule has 1 N–H and O–H groups in total. The Morgan fingerprint density at radius 3 is 2.83 bits per heavy atom. The fourth-order valence-corrected chi connectivity index (χ4v) is 2.25. The Kier molecular flexibility index (Phi) is 4.04. The summed E-state index contributed by atoms with van der Waals surface area (Å²) in [7, 11) is 2.08. The highest BCUT2D eigenvalue weighted by atomic mass is 35.5. The molecule has 2 heterocycles. The lowest BCUT2D eigenvalue weighted by Crippen LogP contribution is -2.29. The molecule has 0 aliphatic carbocycles. The molecule has 1 aromatic rings. The van der Waals surface area contributed by atoms with E-state index in [1.54, 1.807) is 6.07 Å². The summed E-state index contributed by atoms with van der Waals surface area (Å²) >= 11 is 5.87. The molecule has 0 spiro atoms. The number of rotatable bonds is 2. The number of carboxylic acid groups (broad SMARTS) is 1. The van der Waals surface area contributed by atoms with E-state index in [9.17, 15) is 4.79 Å². The highest BCUT2D eigenvalue weighted by molar-refractivity contribution is 6.29. The monoisotopic (exact) mass is 269 g/mol. The zero-order valence-corrected chi connectivity index (χ0v) is 11.0. The van der Waals surface area contributed by atoms with Crippen LogP contribution in [0.25, 0.3) is 0 Å². The van der Waals surface area contributed by atoms with Gasteiger partial charge in [-0.15, -0.1) is 0 Å². The van der Waals surface area contributed by atoms with E-state index in [1.807, 2.05) is 0 Å². The summed E-state index contributed by atoms with van der Waals surface area (Å²) in [6.45, 7) is 3.69. The lowest BCUT2D eigenvalue weighted by molar-refractivity contribution is 0.0697. The predicted molar refractivity (Wildman–Crippen MR) is 70.5 cm³/mol. The molecule has 0 bridgehead atoms. The Bertz CT molecular complexity index is 453. The molecule has 18 heavy (non-hydrogen) atoms. The minimum atomic E-state index is -0.979. The summed E-state index contributed by atoms with van der Waals surface area (Å²) < 4.78 is 0. The van der Waals surface area contributed by atoms with Crippen LogP contribution >= 0.6 is 11.6 Å². The van der Waals surface area contributed by atoms with Crippen LogP contribution in [0.5, 0.6) is 0 Å². The molecule has 1 fully saturated rings. The van der Waals surface area contributed by atoms with Crippen LogP contribution in [0.2, 0.25) is 5.15 Å². The van der Waals surface area contributed by atoms with Crippen LogP contribution in [0, 0.1) is 0 Å². The van der Waals surface area contributed by atoms with Crippen molar-refractivity contribution in [1.82, 2.24) is 9.88 Å². The quantitative estimate of drug-likeness (QED) is 0.826. The summed E-state index contributed by atoms with van der Waals surface area (Å²) in [6, 6.07) is 2.96. The first-order valence-electron chi connectivity index (χ1n) is 5.90. The average Bonchev–Trinajstić information content (AvgIpc) is 2.53. The zero-order valence-electron chi connectivity index (χ0n) is 10.3. The van der Waals surface area contributed by atoms with Gasteiger partial charge in [0.05, 0.1) is 5.56 Å². The van der Waals surface area contributed by atoms with Crippen molar-refractivity contribution in [2.45, 2.75) is 6.42 Å². The fourth-order valence-electron chi connectivity index (χ4n) is 2.04. The minimum absolute atomic E-state index is 0.183. The fraction of sp³-hybridized carbons (Fsp3) is 0.500. The molecule has 2 rings (SSSR count). The lowest BCUT2D eigenvalue weighted by atomic mass is 10.2. The second-order valence-corrected chi connectivity index (χ2v) is 4.87. The molecule has 0 radical (unpaired) electrons. The number of pyridine rings is 1. The number of halogens is 1. The van der Waals surface area contributed by atoms with Crippen LogP contribution in [0.15, 0.2) is 12.1 Å². The van der Waals surface area contributed by atoms with Crippen molar-refractivity contribution < 1.29 is 9.90 Å². The molecule has 1 saturated heterocycles. The van der Waals surface area contributed by atoms with Crippen LogP contribution < -0.4 is 4.90 Å². The van der Waals surface area contributed by atoms with Crippen molar-refractivity contribution in [3.63, 3.8) is 0 Å². The standard InChI is InChI=1S/C12H16ClN3O2/c1-15-3-2-4-16(6-5-15)11-8-9(12(17)18)7-10(13)14-11/h7-8H,2-6H2,1H3,(H,17,18). The molecule has 1 aromatic heterocycles. The number of likely N-dealkylation sites (N-methyl/N-ethyl adjacent to an activating group) is 1. The van der Waals surface area contributed by atoms with Crippen molar-refractivity contribution >= 4 is 23.4 Å². The maximum Gasteiger partial charge on any atom is 0.335 e. The molecule has 0 atom stereocenters. The second kappa shape index (κ2) is 5.54. The number of aromatic carboxylic acids is 1. The first-order valence-corrected chi connectivity index (χ1v) is 6.28. The van der Waals surface area contributed by atoms with E-state index >= 15 is 0 Å². The molecule has 1 aliphatic heterocycles. The number of hydrogen-bond acceptors (Lipinski definition) is 4. The van der Waals surface area contributed by atoms with E-state index in [1.165, 1.54) is 6.07 Å². The molecule has 0 aromatic carbocycles. The SMILES string of the molecule is CN1CCCN(c2cc(C(=O)O)cc(Cl)n2)CC1. The van der Waals surface area contributed by atoms with Crippen molar-refractivity contribution in [3.05, 3.63) is 22.8 Å². The Morgan fingerprint density at radius 2 is 2.11 bits per heavy atom. The van der Waals surface area contributed by atoms with Gasteiger partial charge in [0.2, 0.25) is 0 Å². The number of hydrogen-bond donors (Lipinski definition) is 1. The normalized spacial score (nSPS) is 17.6. The third-order valence-corrected chi connectivity index (χ3v) is 3.26. The van der Waals surface area contributed by atoms with E-state index in [0.29, 0.717) is 5.82 Å². The molecular formula is C12H16ClN3O2. The van der Waals surface area contributed by atoms with Crippen molar-refractivity contribution in [3.8, 4) is 0 Å². The third-order valence-electron chi connectivity index (χ3n) is 3.07. The van der Waals surface area contributed by atoms with Gasteiger partial charge in [0.15, 0.2) is 0 Å². The molecule has 0 saturated carbocycles. The van der Waals surface area contributed by atoms with Gasteiger partial charge in [0.25, 0.3) is 0 Å². The maximum atomic E-state index is 11.0. The van der Waals surface area contributed by atoms with Crippen LogP contribution in [-0.2, 0) is 0 Å². The number of carbonyl (C=O) groups is 1. The summed E-state index contributed by atoms with van der Waals surface area (Å²) in [5, 5.41) is 9.24. The third kappa shape index (κ3) is 3.11. The van der Waals surface area contributed by atoms with Gasteiger partial charge in [0, 0.05) is 19.6 Å². The van der Waals surface area contributed by atoms with Gasteiger partial charge in [0.1, 0.15) is 11.0 Å². The maximum absolute atomic E-state index is 11.0. The largest absolute Gasteiger partial charge is 0.478 e. The minimum Gasteiger partial charge on any atom is -0.478 e. The van der Waals surface area contributed by atoms with Crippen molar-refractivity contribution in [1.29, 1.82) is 0 Å². The number of carboxylic acids is 1. The van der Waals surface area contributed by atoms with E-state index in [-0.39, 0.29) is 10.7 Å². The van der Waals surface area contributed by atoms with Gasteiger partial charge >= 0.3 is 5.97 Å². The van der Waals surface area contributed by atoms with Crippen LogP contribution in [0.4, 0.5) is 5.82 Å². The summed E-state index contributed by atoms with van der Waals surface area (Å²) in [5.74, 6) is -0.331. The molecule has 98 valence electrons. The summed E-state index contributed by atoms with van der Waals surface area (Å²) in [6.07, 6.45) is 1.03. The molecule has 0 unspecified atom stereocenters. The molecule has 0 amide bonds. The smallest absolute Gasteiger partial charge is 0.335 e. The summed E-state index contributed by atoms with van der Waals surface area (Å²) in [4.78, 5) is 19.5. The van der Waals surface area contributed by atoms with Gasteiger partial charge in [-0.1, -0.05) is 11.6 Å². The van der Waals surface area contributed by atoms with Gasteiger partial charge in [-0.05, 0) is 32.1 Å². The molecular weight excluding hydrogens is 254 g/mol. The molecule has 5 nitrogen and oxygen atoms in total. The van der Waals surface area contributed by atoms with E-state index in [0.717, 1.165) is 32.6 Å². The first-order chi connectivity index (χ1) is 8.56. The Balaban J connectivity index is 2.24. The second-order valence-electron chi connectivity index (χ2n) is 4.49. The Labute approximate surface area is 111 Å². The Morgan fingerprint density at radius 1 is 1.33 bits per heavy atom. The van der Waals surface area contributed by atoms with Gasteiger partial charge in [-0.3, -0.25) is 0 Å². The highest BCUT2D eigenvalue weighted by Gasteiger charge is 2.16. The van der Waals surface area contributed by atoms with Crippen molar-refractivity contribution in [2.24, 2.45) is 0 Å². The lowest BCUT2D eigenvalue weighted by Gasteiger charge is -2.22. The van der Waals surface area contributed by atoms with Gasteiger partial charge < -0.3 is 14.9 Å². The van der Waals surface area contributed by atoms with Crippen molar-refractivity contribution in [2.75, 3.05) is 38.1 Å². The highest BCUT2D eigenvalue weighted by Crippen LogP contribution is 2.19. The van der Waals surface area contributed by atoms with Gasteiger partial charge in [-0.25, -0.2) is 9.78 Å². The van der Waals surface area contributed by atoms with Crippen LogP contribution in [0.3, 0.4) is 0 Å². The van der Waals surface area contributed by atoms with Crippen LogP contribution in [-0.4, -0.2) is 54.2 Å². The summed E-state index contributed by atoms with van der Waals surface area (Å²) in [5.41, 5.74) is 0.183. The predicted octanol–water partition coefficient (Wildman–Crippen LogP) is 1.58. The zero-order chi connectivity index (χ0) is 13.1. The van der Waals surface area contributed by atoms with E-state index in [4.69, 9.17) is 16.7 Å². The van der Waals surface area contributed by atoms with E-state index in [2.05, 4.69) is 21.8 Å². The van der Waals surface area contributed by atoms with Gasteiger partial charge in [-0.2, -0.15) is 0 Å². The van der Waals surface area contributed by atoms with E-state index < -0.39 is 5.97 Å². The Hall–Kier alpha value is -1.33. The number of aromatic nitrogens is 1. The molecule has 1 aliphatic rings. The van der Waals surface area contributed by atoms with Crippen LogP contribution in [0.1, 0.15) is 16.8 Å². The first kappa shape index (κ1) is 13.1. The number of anilines is 1. The average molecular weight is 270 g/mol. The molecule has 6 heteroatoms. The number of nitrogens with zero attached hydrogens (tertiary/aromatic N) is 3. The topological polar surface area (TPSA) is 56.7 Å².